The van der Waals surface area contributed by atoms with Crippen LogP contribution in [0.3, 0.4) is 0 Å². The first-order valence-corrected chi connectivity index (χ1v) is 11.2. The number of benzene rings is 1. The molecule has 1 aromatic carbocycles. The quantitative estimate of drug-likeness (QED) is 0.273. The van der Waals surface area contributed by atoms with E-state index in [0.29, 0.717) is 0 Å². The molecule has 0 aliphatic rings. The van der Waals surface area contributed by atoms with Crippen molar-refractivity contribution in [2.24, 2.45) is 0 Å². The molecule has 0 aliphatic carbocycles. The van der Waals surface area contributed by atoms with Gasteiger partial charge in [-0.25, -0.2) is 0 Å². The second-order valence-corrected chi connectivity index (χ2v) is 7.55. The first-order valence-electron chi connectivity index (χ1n) is 11.2. The zero-order valence-corrected chi connectivity index (χ0v) is 18.0. The molecule has 0 N–H and O–H groups in total. The Labute approximate surface area is 168 Å². The van der Waals surface area contributed by atoms with Crippen molar-refractivity contribution in [3.05, 3.63) is 35.9 Å². The zero-order chi connectivity index (χ0) is 19.4. The largest absolute Gasteiger partial charge is 0.383 e. The van der Waals surface area contributed by atoms with Gasteiger partial charge < -0.3 is 9.47 Å². The van der Waals surface area contributed by atoms with Crippen molar-refractivity contribution in [1.29, 1.82) is 0 Å². The van der Waals surface area contributed by atoms with Crippen LogP contribution in [0.1, 0.15) is 76.7 Å². The van der Waals surface area contributed by atoms with Crippen molar-refractivity contribution >= 4 is 0 Å². The molecule has 0 aromatic heterocycles. The van der Waals surface area contributed by atoms with E-state index >= 15 is 0 Å². The second kappa shape index (κ2) is 18.5. The molecule has 0 bridgehead atoms. The van der Waals surface area contributed by atoms with E-state index in [4.69, 9.17) is 9.47 Å². The molecule has 0 heterocycles. The Bertz CT molecular complexity index is 410. The second-order valence-electron chi connectivity index (χ2n) is 7.55. The Morgan fingerprint density at radius 2 is 1.30 bits per heavy atom. The van der Waals surface area contributed by atoms with E-state index in [1.54, 1.807) is 7.11 Å². The number of nitrogens with zero attached hydrogens (tertiary/aromatic N) is 1. The molecule has 0 aliphatic heterocycles. The van der Waals surface area contributed by atoms with Crippen LogP contribution in [0.4, 0.5) is 0 Å². The molecular formula is C24H43NO2. The number of ether oxygens (including phenoxy) is 2. The number of hydrogen-bond donors (Lipinski definition) is 0. The molecule has 0 unspecified atom stereocenters. The SMILES string of the molecule is CCCCCCCCCCCCOCCN(CCOC)Cc1ccccc1. The minimum atomic E-state index is 0.769. The Kier molecular flexibility index (Phi) is 16.5. The van der Waals surface area contributed by atoms with Crippen LogP contribution in [0.2, 0.25) is 0 Å². The normalized spacial score (nSPS) is 11.4. The summed E-state index contributed by atoms with van der Waals surface area (Å²) in [7, 11) is 1.77. The summed E-state index contributed by atoms with van der Waals surface area (Å²) in [4.78, 5) is 2.41. The Morgan fingerprint density at radius 3 is 1.93 bits per heavy atom. The van der Waals surface area contributed by atoms with Crippen LogP contribution in [0.25, 0.3) is 0 Å². The van der Waals surface area contributed by atoms with Crippen molar-refractivity contribution < 1.29 is 9.47 Å². The standard InChI is InChI=1S/C24H43NO2/c1-3-4-5-6-7-8-9-10-11-15-20-27-22-19-25(18-21-26-2)23-24-16-13-12-14-17-24/h12-14,16-17H,3-11,15,18-23H2,1-2H3. The van der Waals surface area contributed by atoms with Gasteiger partial charge in [0.25, 0.3) is 0 Å². The van der Waals surface area contributed by atoms with Crippen LogP contribution in [0, 0.1) is 0 Å². The molecule has 156 valence electrons. The lowest BCUT2D eigenvalue weighted by Crippen LogP contribution is -2.30. The maximum Gasteiger partial charge on any atom is 0.0593 e. The highest BCUT2D eigenvalue weighted by molar-refractivity contribution is 5.14. The summed E-state index contributed by atoms with van der Waals surface area (Å²) in [5.74, 6) is 0. The van der Waals surface area contributed by atoms with Gasteiger partial charge in [-0.05, 0) is 12.0 Å². The third-order valence-electron chi connectivity index (χ3n) is 5.05. The van der Waals surface area contributed by atoms with Crippen LogP contribution in [-0.4, -0.2) is 44.9 Å². The lowest BCUT2D eigenvalue weighted by atomic mass is 10.1. The molecule has 1 rings (SSSR count). The predicted octanol–water partition coefficient (Wildman–Crippen LogP) is 6.07. The molecule has 0 atom stereocenters. The van der Waals surface area contributed by atoms with Crippen molar-refractivity contribution in [1.82, 2.24) is 4.90 Å². The minimum absolute atomic E-state index is 0.769. The van der Waals surface area contributed by atoms with Gasteiger partial charge in [0, 0.05) is 33.4 Å². The lowest BCUT2D eigenvalue weighted by molar-refractivity contribution is 0.0832. The zero-order valence-electron chi connectivity index (χ0n) is 18.0. The Balaban J connectivity index is 1.97. The lowest BCUT2D eigenvalue weighted by Gasteiger charge is -2.22. The summed E-state index contributed by atoms with van der Waals surface area (Å²) in [6, 6.07) is 10.6. The first kappa shape index (κ1) is 24.1. The first-order chi connectivity index (χ1) is 13.4. The fourth-order valence-electron chi connectivity index (χ4n) is 3.32. The van der Waals surface area contributed by atoms with E-state index in [9.17, 15) is 0 Å². The molecule has 0 amide bonds. The van der Waals surface area contributed by atoms with Gasteiger partial charge in [0.15, 0.2) is 0 Å². The van der Waals surface area contributed by atoms with Crippen LogP contribution in [0.5, 0.6) is 0 Å². The van der Waals surface area contributed by atoms with Crippen molar-refractivity contribution in [2.45, 2.75) is 77.7 Å². The topological polar surface area (TPSA) is 21.7 Å². The average Bonchev–Trinajstić information content (AvgIpc) is 2.70. The van der Waals surface area contributed by atoms with Gasteiger partial charge in [-0.15, -0.1) is 0 Å². The Morgan fingerprint density at radius 1 is 0.704 bits per heavy atom. The number of methoxy groups -OCH3 is 1. The van der Waals surface area contributed by atoms with Gasteiger partial charge in [-0.1, -0.05) is 95.0 Å². The fourth-order valence-corrected chi connectivity index (χ4v) is 3.32. The Hall–Kier alpha value is -0.900. The van der Waals surface area contributed by atoms with Gasteiger partial charge in [0.1, 0.15) is 0 Å². The summed E-state index contributed by atoms with van der Waals surface area (Å²) in [6.45, 7) is 7.65. The molecule has 0 radical (unpaired) electrons. The molecule has 3 nitrogen and oxygen atoms in total. The van der Waals surface area contributed by atoms with E-state index in [0.717, 1.165) is 39.5 Å². The summed E-state index contributed by atoms with van der Waals surface area (Å²) in [5.41, 5.74) is 1.35. The van der Waals surface area contributed by atoms with E-state index in [-0.39, 0.29) is 0 Å². The highest BCUT2D eigenvalue weighted by Gasteiger charge is 2.05. The van der Waals surface area contributed by atoms with Crippen molar-refractivity contribution in [3.63, 3.8) is 0 Å². The van der Waals surface area contributed by atoms with Crippen LogP contribution < -0.4 is 0 Å². The summed E-state index contributed by atoms with van der Waals surface area (Å²) < 4.78 is 11.1. The van der Waals surface area contributed by atoms with E-state index in [1.165, 1.54) is 69.8 Å². The molecule has 0 spiro atoms. The van der Waals surface area contributed by atoms with Gasteiger partial charge in [0.2, 0.25) is 0 Å². The molecular weight excluding hydrogens is 334 g/mol. The third-order valence-corrected chi connectivity index (χ3v) is 5.05. The number of hydrogen-bond acceptors (Lipinski definition) is 3. The predicted molar refractivity (Wildman–Crippen MR) is 116 cm³/mol. The van der Waals surface area contributed by atoms with E-state index in [1.807, 2.05) is 0 Å². The molecule has 27 heavy (non-hydrogen) atoms. The maximum atomic E-state index is 5.87. The number of unbranched alkanes of at least 4 members (excludes halogenated alkanes) is 9. The maximum absolute atomic E-state index is 5.87. The fraction of sp³-hybridized carbons (Fsp3) is 0.750. The van der Waals surface area contributed by atoms with Crippen LogP contribution in [0.15, 0.2) is 30.3 Å². The average molecular weight is 378 g/mol. The molecule has 0 fully saturated rings. The summed E-state index contributed by atoms with van der Waals surface area (Å²) in [6.07, 6.45) is 13.7. The van der Waals surface area contributed by atoms with Gasteiger partial charge in [-0.3, -0.25) is 4.90 Å². The van der Waals surface area contributed by atoms with Crippen molar-refractivity contribution in [2.75, 3.05) is 40.0 Å². The van der Waals surface area contributed by atoms with Crippen LogP contribution >= 0.6 is 0 Å². The minimum Gasteiger partial charge on any atom is -0.383 e. The molecule has 0 saturated carbocycles. The van der Waals surface area contributed by atoms with Crippen molar-refractivity contribution in [3.8, 4) is 0 Å². The van der Waals surface area contributed by atoms with Crippen LogP contribution in [-0.2, 0) is 16.0 Å². The summed E-state index contributed by atoms with van der Waals surface area (Å²) in [5, 5.41) is 0. The molecule has 3 heteroatoms. The van der Waals surface area contributed by atoms with Gasteiger partial charge >= 0.3 is 0 Å². The monoisotopic (exact) mass is 377 g/mol. The van der Waals surface area contributed by atoms with E-state index < -0.39 is 0 Å². The highest BCUT2D eigenvalue weighted by Crippen LogP contribution is 2.10. The van der Waals surface area contributed by atoms with E-state index in [2.05, 4.69) is 42.2 Å². The molecule has 1 aromatic rings. The number of rotatable bonds is 19. The van der Waals surface area contributed by atoms with Gasteiger partial charge in [0.05, 0.1) is 13.2 Å². The summed E-state index contributed by atoms with van der Waals surface area (Å²) >= 11 is 0. The molecule has 0 saturated heterocycles. The third kappa shape index (κ3) is 14.8. The smallest absolute Gasteiger partial charge is 0.0593 e. The van der Waals surface area contributed by atoms with Gasteiger partial charge in [-0.2, -0.15) is 0 Å². The highest BCUT2D eigenvalue weighted by atomic mass is 16.5.